The van der Waals surface area contributed by atoms with Crippen LogP contribution in [0.4, 0.5) is 23.2 Å². The van der Waals surface area contributed by atoms with Crippen LogP contribution in [0, 0.1) is 11.6 Å². The second kappa shape index (κ2) is 8.70. The Bertz CT molecular complexity index is 816. The van der Waals surface area contributed by atoms with Crippen LogP contribution in [0.25, 0.3) is 0 Å². The standard InChI is InChI=1S/C17H13F4NO3S/c1-9(15(23)22-13-7-6-10(18)8-12(13)19)25-16(24)11-4-2-3-5-14(11)26-17(20)21/h2-9,17H,1H3,(H,22,23)/t9-/m0/s1. The first-order chi connectivity index (χ1) is 12.3. The molecule has 0 saturated carbocycles. The van der Waals surface area contributed by atoms with Gasteiger partial charge in [-0.15, -0.1) is 0 Å². The van der Waals surface area contributed by atoms with E-state index in [4.69, 9.17) is 4.74 Å². The van der Waals surface area contributed by atoms with E-state index < -0.39 is 35.4 Å². The maximum Gasteiger partial charge on any atom is 0.340 e. The summed E-state index contributed by atoms with van der Waals surface area (Å²) in [5.41, 5.74) is -0.404. The average Bonchev–Trinajstić information content (AvgIpc) is 2.57. The molecule has 0 spiro atoms. The summed E-state index contributed by atoms with van der Waals surface area (Å²) in [7, 11) is 0. The van der Waals surface area contributed by atoms with Crippen molar-refractivity contribution in [3.8, 4) is 0 Å². The lowest BCUT2D eigenvalue weighted by Crippen LogP contribution is -2.30. The summed E-state index contributed by atoms with van der Waals surface area (Å²) in [5.74, 6) is -6.37. The van der Waals surface area contributed by atoms with E-state index in [1.54, 1.807) is 0 Å². The smallest absolute Gasteiger partial charge is 0.340 e. The maximum atomic E-state index is 13.5. The molecule has 2 aromatic rings. The number of benzene rings is 2. The highest BCUT2D eigenvalue weighted by molar-refractivity contribution is 7.99. The van der Waals surface area contributed by atoms with Crippen molar-refractivity contribution in [2.24, 2.45) is 0 Å². The van der Waals surface area contributed by atoms with E-state index in [0.717, 1.165) is 12.1 Å². The average molecular weight is 387 g/mol. The summed E-state index contributed by atoms with van der Waals surface area (Å²) in [6.45, 7) is 1.23. The van der Waals surface area contributed by atoms with Gasteiger partial charge < -0.3 is 10.1 Å². The first kappa shape index (κ1) is 19.8. The SMILES string of the molecule is C[C@H](OC(=O)c1ccccc1SC(F)F)C(=O)Nc1ccc(F)cc1F. The summed E-state index contributed by atoms with van der Waals surface area (Å²) < 4.78 is 56.4. The van der Waals surface area contributed by atoms with E-state index in [-0.39, 0.29) is 27.9 Å². The molecule has 1 N–H and O–H groups in total. The summed E-state index contributed by atoms with van der Waals surface area (Å²) in [5, 5.41) is 2.16. The van der Waals surface area contributed by atoms with Gasteiger partial charge in [0.1, 0.15) is 11.6 Å². The number of amides is 1. The molecule has 0 saturated heterocycles. The van der Waals surface area contributed by atoms with E-state index in [2.05, 4.69) is 5.32 Å². The molecule has 1 atom stereocenters. The van der Waals surface area contributed by atoms with Gasteiger partial charge in [-0.05, 0) is 31.2 Å². The van der Waals surface area contributed by atoms with Crippen LogP contribution in [0.3, 0.4) is 0 Å². The molecule has 2 rings (SSSR count). The number of ether oxygens (including phenoxy) is 1. The zero-order chi connectivity index (χ0) is 19.3. The Hall–Kier alpha value is -2.55. The first-order valence-electron chi connectivity index (χ1n) is 7.28. The molecule has 138 valence electrons. The molecule has 0 aliphatic carbocycles. The predicted molar refractivity (Wildman–Crippen MR) is 88.2 cm³/mol. The van der Waals surface area contributed by atoms with Crippen LogP contribution in [0.5, 0.6) is 0 Å². The van der Waals surface area contributed by atoms with Gasteiger partial charge in [0, 0.05) is 11.0 Å². The Morgan fingerprint density at radius 1 is 1.12 bits per heavy atom. The fourth-order valence-electron chi connectivity index (χ4n) is 1.94. The van der Waals surface area contributed by atoms with Crippen molar-refractivity contribution in [2.45, 2.75) is 23.7 Å². The van der Waals surface area contributed by atoms with Crippen molar-refractivity contribution in [1.82, 2.24) is 0 Å². The lowest BCUT2D eigenvalue weighted by Gasteiger charge is -2.15. The largest absolute Gasteiger partial charge is 0.449 e. The summed E-state index contributed by atoms with van der Waals surface area (Å²) in [6, 6.07) is 8.12. The molecular formula is C17H13F4NO3S. The highest BCUT2D eigenvalue weighted by atomic mass is 32.2. The van der Waals surface area contributed by atoms with Gasteiger partial charge >= 0.3 is 5.97 Å². The monoisotopic (exact) mass is 387 g/mol. The van der Waals surface area contributed by atoms with Crippen molar-refractivity contribution in [3.05, 3.63) is 59.7 Å². The normalized spacial score (nSPS) is 11.9. The number of carbonyl (C=O) groups is 2. The van der Waals surface area contributed by atoms with E-state index in [0.29, 0.717) is 6.07 Å². The molecule has 0 heterocycles. The summed E-state index contributed by atoms with van der Waals surface area (Å²) in [4.78, 5) is 24.2. The predicted octanol–water partition coefficient (Wildman–Crippen LogP) is 4.46. The number of thioether (sulfide) groups is 1. The van der Waals surface area contributed by atoms with Crippen LogP contribution in [0.2, 0.25) is 0 Å². The molecule has 0 fully saturated rings. The zero-order valence-electron chi connectivity index (χ0n) is 13.3. The van der Waals surface area contributed by atoms with Gasteiger partial charge in [-0.3, -0.25) is 4.79 Å². The lowest BCUT2D eigenvalue weighted by atomic mass is 10.2. The van der Waals surface area contributed by atoms with Crippen LogP contribution >= 0.6 is 11.8 Å². The van der Waals surface area contributed by atoms with Crippen molar-refractivity contribution in [2.75, 3.05) is 5.32 Å². The minimum absolute atomic E-state index is 0.00434. The number of nitrogens with one attached hydrogen (secondary N) is 1. The molecular weight excluding hydrogens is 374 g/mol. The number of alkyl halides is 2. The molecule has 0 bridgehead atoms. The van der Waals surface area contributed by atoms with Gasteiger partial charge in [-0.1, -0.05) is 23.9 Å². The second-order valence-electron chi connectivity index (χ2n) is 5.04. The number of esters is 1. The fourth-order valence-corrected chi connectivity index (χ4v) is 2.56. The number of carbonyl (C=O) groups excluding carboxylic acids is 2. The number of rotatable bonds is 6. The molecule has 2 aromatic carbocycles. The van der Waals surface area contributed by atoms with Crippen molar-refractivity contribution in [1.29, 1.82) is 0 Å². The summed E-state index contributed by atoms with van der Waals surface area (Å²) in [6.07, 6.45) is -1.34. The minimum atomic E-state index is -2.73. The van der Waals surface area contributed by atoms with E-state index in [1.165, 1.54) is 31.2 Å². The van der Waals surface area contributed by atoms with E-state index in [1.807, 2.05) is 0 Å². The van der Waals surface area contributed by atoms with Gasteiger partial charge in [0.2, 0.25) is 0 Å². The van der Waals surface area contributed by atoms with Crippen LogP contribution < -0.4 is 5.32 Å². The quantitative estimate of drug-likeness (QED) is 0.452. The number of hydrogen-bond acceptors (Lipinski definition) is 4. The fraction of sp³-hybridized carbons (Fsp3) is 0.176. The molecule has 26 heavy (non-hydrogen) atoms. The topological polar surface area (TPSA) is 55.4 Å². The number of anilines is 1. The van der Waals surface area contributed by atoms with Gasteiger partial charge in [-0.2, -0.15) is 8.78 Å². The van der Waals surface area contributed by atoms with Crippen molar-refractivity contribution in [3.63, 3.8) is 0 Å². The Balaban J connectivity index is 2.06. The van der Waals surface area contributed by atoms with Gasteiger partial charge in [0.25, 0.3) is 11.7 Å². The third-order valence-corrected chi connectivity index (χ3v) is 3.95. The molecule has 0 radical (unpaired) electrons. The Labute approximate surface area is 150 Å². The molecule has 0 aromatic heterocycles. The third kappa shape index (κ3) is 5.22. The number of halogens is 4. The first-order valence-corrected chi connectivity index (χ1v) is 8.16. The van der Waals surface area contributed by atoms with Crippen LogP contribution in [0.1, 0.15) is 17.3 Å². The Kier molecular flexibility index (Phi) is 6.62. The van der Waals surface area contributed by atoms with Gasteiger partial charge in [0.05, 0.1) is 11.3 Å². The molecule has 0 aliphatic heterocycles. The molecule has 0 unspecified atom stereocenters. The third-order valence-electron chi connectivity index (χ3n) is 3.17. The molecule has 0 aliphatic rings. The van der Waals surface area contributed by atoms with Crippen LogP contribution in [-0.4, -0.2) is 23.7 Å². The van der Waals surface area contributed by atoms with E-state index in [9.17, 15) is 27.2 Å². The van der Waals surface area contributed by atoms with Crippen LogP contribution in [-0.2, 0) is 9.53 Å². The lowest BCUT2D eigenvalue weighted by molar-refractivity contribution is -0.123. The highest BCUT2D eigenvalue weighted by Crippen LogP contribution is 2.29. The molecule has 1 amide bonds. The highest BCUT2D eigenvalue weighted by Gasteiger charge is 2.22. The van der Waals surface area contributed by atoms with Gasteiger partial charge in [-0.25, -0.2) is 13.6 Å². The summed E-state index contributed by atoms with van der Waals surface area (Å²) >= 11 is 0.175. The van der Waals surface area contributed by atoms with Crippen molar-refractivity contribution < 1.29 is 31.9 Å². The molecule has 4 nitrogen and oxygen atoms in total. The van der Waals surface area contributed by atoms with Crippen molar-refractivity contribution >= 4 is 29.3 Å². The van der Waals surface area contributed by atoms with Crippen LogP contribution in [0.15, 0.2) is 47.4 Å². The molecule has 9 heteroatoms. The number of hydrogen-bond donors (Lipinski definition) is 1. The minimum Gasteiger partial charge on any atom is -0.449 e. The second-order valence-corrected chi connectivity index (χ2v) is 6.07. The van der Waals surface area contributed by atoms with E-state index >= 15 is 0 Å². The zero-order valence-corrected chi connectivity index (χ0v) is 14.2. The Morgan fingerprint density at radius 2 is 1.81 bits per heavy atom. The van der Waals surface area contributed by atoms with Gasteiger partial charge in [0.15, 0.2) is 6.10 Å². The maximum absolute atomic E-state index is 13.5. The Morgan fingerprint density at radius 3 is 2.46 bits per heavy atom.